The van der Waals surface area contributed by atoms with Crippen molar-refractivity contribution < 1.29 is 22.5 Å². The monoisotopic (exact) mass is 507 g/mol. The van der Waals surface area contributed by atoms with Gasteiger partial charge >= 0.3 is 10.1 Å². The standard InChI is InChI=1S/C27H29N3O5S/c1-18(2)15-21-5-4-6-26(27(21)31)34-17-22-16-25(20-9-7-19(3)8-10-20)30(29-22)23-11-13-24(14-12-23)36(32,33)35-28/h4-14,16,18,31H,15,17,28H2,1-3H3. The molecule has 0 aliphatic rings. The van der Waals surface area contributed by atoms with Gasteiger partial charge in [0.15, 0.2) is 11.5 Å². The highest BCUT2D eigenvalue weighted by atomic mass is 32.2. The lowest BCUT2D eigenvalue weighted by Crippen LogP contribution is -2.11. The number of phenolic OH excluding ortho intramolecular Hbond substituents is 1. The number of phenols is 1. The molecule has 4 aromatic rings. The fourth-order valence-corrected chi connectivity index (χ4v) is 4.46. The van der Waals surface area contributed by atoms with Crippen LogP contribution in [0, 0.1) is 12.8 Å². The first-order valence-corrected chi connectivity index (χ1v) is 12.9. The summed E-state index contributed by atoms with van der Waals surface area (Å²) in [5.74, 6) is 5.83. The highest BCUT2D eigenvalue weighted by molar-refractivity contribution is 7.86. The molecular weight excluding hydrogens is 478 g/mol. The minimum absolute atomic E-state index is 0.0573. The van der Waals surface area contributed by atoms with Crippen molar-refractivity contribution in [3.63, 3.8) is 0 Å². The zero-order chi connectivity index (χ0) is 25.9. The summed E-state index contributed by atoms with van der Waals surface area (Å²) in [6.45, 7) is 6.34. The number of ether oxygens (including phenoxy) is 1. The number of hydrogen-bond acceptors (Lipinski definition) is 7. The minimum atomic E-state index is -4.01. The van der Waals surface area contributed by atoms with E-state index in [9.17, 15) is 13.5 Å². The number of nitrogens with zero attached hydrogens (tertiary/aromatic N) is 2. The van der Waals surface area contributed by atoms with Crippen molar-refractivity contribution in [2.24, 2.45) is 11.8 Å². The van der Waals surface area contributed by atoms with E-state index in [1.807, 2.05) is 49.4 Å². The van der Waals surface area contributed by atoms with E-state index in [1.54, 1.807) is 22.9 Å². The molecule has 0 saturated carbocycles. The van der Waals surface area contributed by atoms with E-state index in [-0.39, 0.29) is 17.3 Å². The van der Waals surface area contributed by atoms with Crippen LogP contribution in [-0.4, -0.2) is 23.3 Å². The van der Waals surface area contributed by atoms with Crippen LogP contribution in [0.4, 0.5) is 0 Å². The second-order valence-electron chi connectivity index (χ2n) is 8.99. The lowest BCUT2D eigenvalue weighted by Gasteiger charge is -2.12. The van der Waals surface area contributed by atoms with Crippen LogP contribution in [0.25, 0.3) is 16.9 Å². The summed E-state index contributed by atoms with van der Waals surface area (Å²) in [6, 6.07) is 21.5. The average molecular weight is 508 g/mol. The van der Waals surface area contributed by atoms with Gasteiger partial charge in [0.2, 0.25) is 0 Å². The van der Waals surface area contributed by atoms with E-state index in [0.717, 1.165) is 28.8 Å². The van der Waals surface area contributed by atoms with Gasteiger partial charge in [-0.15, -0.1) is 0 Å². The van der Waals surface area contributed by atoms with Crippen molar-refractivity contribution >= 4 is 10.1 Å². The maximum Gasteiger partial charge on any atom is 0.312 e. The molecule has 36 heavy (non-hydrogen) atoms. The molecule has 1 heterocycles. The molecule has 0 spiro atoms. The van der Waals surface area contributed by atoms with Crippen LogP contribution in [0.15, 0.2) is 77.7 Å². The fourth-order valence-electron chi connectivity index (χ4n) is 3.88. The Labute approximate surface area is 211 Å². The van der Waals surface area contributed by atoms with Crippen molar-refractivity contribution in [1.29, 1.82) is 0 Å². The number of rotatable bonds is 9. The third kappa shape index (κ3) is 5.59. The van der Waals surface area contributed by atoms with Gasteiger partial charge in [-0.25, -0.2) is 4.68 Å². The third-order valence-electron chi connectivity index (χ3n) is 5.69. The van der Waals surface area contributed by atoms with Crippen LogP contribution in [0.2, 0.25) is 0 Å². The van der Waals surface area contributed by atoms with Gasteiger partial charge in [0.05, 0.1) is 16.3 Å². The number of hydrogen-bond donors (Lipinski definition) is 2. The molecule has 8 nitrogen and oxygen atoms in total. The summed E-state index contributed by atoms with van der Waals surface area (Å²) in [5.41, 5.74) is 4.99. The van der Waals surface area contributed by atoms with Crippen molar-refractivity contribution in [2.75, 3.05) is 0 Å². The summed E-state index contributed by atoms with van der Waals surface area (Å²) in [4.78, 5) is -0.0573. The Bertz CT molecular complexity index is 1440. The Hall–Kier alpha value is -3.66. The zero-order valence-electron chi connectivity index (χ0n) is 20.4. The lowest BCUT2D eigenvalue weighted by molar-refractivity contribution is 0.283. The van der Waals surface area contributed by atoms with Crippen LogP contribution < -0.4 is 10.6 Å². The van der Waals surface area contributed by atoms with Gasteiger partial charge < -0.3 is 9.84 Å². The van der Waals surface area contributed by atoms with E-state index in [4.69, 9.17) is 15.7 Å². The van der Waals surface area contributed by atoms with Gasteiger partial charge in [-0.2, -0.15) is 23.7 Å². The molecule has 0 amide bonds. The van der Waals surface area contributed by atoms with Gasteiger partial charge in [-0.05, 0) is 61.2 Å². The normalized spacial score (nSPS) is 11.7. The molecule has 0 fully saturated rings. The third-order valence-corrected chi connectivity index (χ3v) is 6.79. The van der Waals surface area contributed by atoms with E-state index in [1.165, 1.54) is 12.1 Å². The maximum absolute atomic E-state index is 11.9. The van der Waals surface area contributed by atoms with E-state index in [0.29, 0.717) is 23.0 Å². The molecule has 3 N–H and O–H groups in total. The first-order valence-electron chi connectivity index (χ1n) is 11.5. The first-order chi connectivity index (χ1) is 17.2. The maximum atomic E-state index is 11.9. The predicted octanol–water partition coefficient (Wildman–Crippen LogP) is 4.91. The Balaban J connectivity index is 1.67. The Morgan fingerprint density at radius 2 is 1.72 bits per heavy atom. The topological polar surface area (TPSA) is 117 Å². The number of aromatic nitrogens is 2. The molecular formula is C27H29N3O5S. The molecule has 188 valence electrons. The quantitative estimate of drug-likeness (QED) is 0.309. The molecule has 0 radical (unpaired) electrons. The van der Waals surface area contributed by atoms with Crippen LogP contribution in [-0.2, 0) is 27.4 Å². The molecule has 0 atom stereocenters. The van der Waals surface area contributed by atoms with Gasteiger partial charge in [-0.3, -0.25) is 0 Å². The van der Waals surface area contributed by atoms with Crippen LogP contribution in [0.3, 0.4) is 0 Å². The number of benzene rings is 3. The highest BCUT2D eigenvalue weighted by Crippen LogP contribution is 2.32. The highest BCUT2D eigenvalue weighted by Gasteiger charge is 2.17. The largest absolute Gasteiger partial charge is 0.504 e. The lowest BCUT2D eigenvalue weighted by atomic mass is 10.0. The van der Waals surface area contributed by atoms with E-state index in [2.05, 4.69) is 18.1 Å². The fraction of sp³-hybridized carbons (Fsp3) is 0.222. The zero-order valence-corrected chi connectivity index (χ0v) is 21.2. The SMILES string of the molecule is Cc1ccc(-c2cc(COc3cccc(CC(C)C)c3O)nn2-c2ccc(S(=O)(=O)ON)cc2)cc1. The minimum Gasteiger partial charge on any atom is -0.504 e. The molecule has 0 aliphatic heterocycles. The van der Waals surface area contributed by atoms with Crippen LogP contribution in [0.1, 0.15) is 30.7 Å². The Kier molecular flexibility index (Phi) is 7.44. The van der Waals surface area contributed by atoms with Crippen LogP contribution >= 0.6 is 0 Å². The molecule has 1 aromatic heterocycles. The second kappa shape index (κ2) is 10.5. The van der Waals surface area contributed by atoms with Crippen molar-refractivity contribution in [3.8, 4) is 28.4 Å². The van der Waals surface area contributed by atoms with Gasteiger partial charge in [0.25, 0.3) is 0 Å². The Morgan fingerprint density at radius 3 is 2.36 bits per heavy atom. The van der Waals surface area contributed by atoms with Gasteiger partial charge in [-0.1, -0.05) is 55.8 Å². The van der Waals surface area contributed by atoms with Crippen molar-refractivity contribution in [3.05, 3.63) is 89.6 Å². The molecule has 0 aliphatic carbocycles. The molecule has 4 rings (SSSR count). The summed E-state index contributed by atoms with van der Waals surface area (Å²) in [5, 5.41) is 15.4. The van der Waals surface area contributed by atoms with Crippen molar-refractivity contribution in [2.45, 2.75) is 38.7 Å². The molecule has 3 aromatic carbocycles. The summed E-state index contributed by atoms with van der Waals surface area (Å²) in [7, 11) is -4.01. The van der Waals surface area contributed by atoms with Crippen molar-refractivity contribution in [1.82, 2.24) is 9.78 Å². The molecule has 0 unspecified atom stereocenters. The molecule has 0 bridgehead atoms. The number of nitrogens with two attached hydrogens (primary N) is 1. The number of aryl methyl sites for hydroxylation is 1. The second-order valence-corrected chi connectivity index (χ2v) is 10.6. The molecule has 9 heteroatoms. The van der Waals surface area contributed by atoms with E-state index < -0.39 is 10.1 Å². The van der Waals surface area contributed by atoms with Crippen LogP contribution in [0.5, 0.6) is 11.5 Å². The summed E-state index contributed by atoms with van der Waals surface area (Å²) in [6.07, 6.45) is 0.746. The first kappa shape index (κ1) is 25.4. The van der Waals surface area contributed by atoms with Gasteiger partial charge in [0, 0.05) is 5.56 Å². The summed E-state index contributed by atoms with van der Waals surface area (Å²) < 4.78 is 35.6. The predicted molar refractivity (Wildman–Crippen MR) is 137 cm³/mol. The average Bonchev–Trinajstić information content (AvgIpc) is 3.29. The molecule has 0 saturated heterocycles. The smallest absolute Gasteiger partial charge is 0.312 e. The van der Waals surface area contributed by atoms with Gasteiger partial charge in [0.1, 0.15) is 12.3 Å². The number of aromatic hydroxyl groups is 1. The number of para-hydroxylation sites is 1. The summed E-state index contributed by atoms with van der Waals surface area (Å²) >= 11 is 0. The Morgan fingerprint density at radius 1 is 1.03 bits per heavy atom. The van der Waals surface area contributed by atoms with E-state index >= 15 is 0 Å².